The Kier molecular flexibility index (Phi) is 6.25. The fourth-order valence-electron chi connectivity index (χ4n) is 2.51. The fourth-order valence-corrected chi connectivity index (χ4v) is 2.51. The Morgan fingerprint density at radius 1 is 1.36 bits per heavy atom. The Bertz CT molecular complexity index is 543. The third kappa shape index (κ3) is 5.06. The maximum atomic E-state index is 13.2. The number of urea groups is 1. The predicted molar refractivity (Wildman–Crippen MR) is 85.8 cm³/mol. The molecule has 1 aromatic rings. The molecule has 0 saturated carbocycles. The van der Waals surface area contributed by atoms with E-state index in [0.717, 1.165) is 19.3 Å². The van der Waals surface area contributed by atoms with Gasteiger partial charge in [0.2, 0.25) is 0 Å². The molecule has 2 rings (SSSR count). The lowest BCUT2D eigenvalue weighted by Crippen LogP contribution is -2.30. The van der Waals surface area contributed by atoms with Gasteiger partial charge < -0.3 is 15.4 Å². The van der Waals surface area contributed by atoms with Crippen LogP contribution in [0.3, 0.4) is 0 Å². The Hall–Kier alpha value is -2.04. The van der Waals surface area contributed by atoms with Gasteiger partial charge in [-0.2, -0.15) is 0 Å². The van der Waals surface area contributed by atoms with Crippen molar-refractivity contribution in [2.24, 2.45) is 0 Å². The minimum atomic E-state index is -0.390. The Balaban J connectivity index is 1.82. The summed E-state index contributed by atoms with van der Waals surface area (Å²) >= 11 is 0. The number of hydrogen-bond acceptors (Lipinski definition) is 2. The van der Waals surface area contributed by atoms with Crippen molar-refractivity contribution in [2.75, 3.05) is 18.5 Å². The number of ether oxygens (including phenoxy) is 1. The Morgan fingerprint density at radius 3 is 2.95 bits per heavy atom. The van der Waals surface area contributed by atoms with Crippen molar-refractivity contribution in [2.45, 2.75) is 39.0 Å². The van der Waals surface area contributed by atoms with Crippen molar-refractivity contribution in [3.8, 4) is 5.75 Å². The van der Waals surface area contributed by atoms with Gasteiger partial charge in [0.15, 0.2) is 0 Å². The second-order valence-corrected chi connectivity index (χ2v) is 5.31. The topological polar surface area (TPSA) is 50.4 Å². The second kappa shape index (κ2) is 8.41. The van der Waals surface area contributed by atoms with E-state index < -0.39 is 5.82 Å². The largest absolute Gasteiger partial charge is 0.492 e. The van der Waals surface area contributed by atoms with E-state index in [1.54, 1.807) is 0 Å². The molecule has 1 aliphatic carbocycles. The van der Waals surface area contributed by atoms with Gasteiger partial charge in [0.1, 0.15) is 11.6 Å². The SMILES string of the molecule is CCOc1cc(F)ccc1NC(=O)NCCC1=CCCCC1. The van der Waals surface area contributed by atoms with E-state index in [2.05, 4.69) is 16.7 Å². The lowest BCUT2D eigenvalue weighted by Gasteiger charge is -2.14. The van der Waals surface area contributed by atoms with E-state index in [9.17, 15) is 9.18 Å². The summed E-state index contributed by atoms with van der Waals surface area (Å²) in [6.07, 6.45) is 7.95. The zero-order valence-electron chi connectivity index (χ0n) is 13.0. The van der Waals surface area contributed by atoms with Crippen LogP contribution in [0.15, 0.2) is 29.8 Å². The molecule has 1 aromatic carbocycles. The molecule has 0 heterocycles. The number of allylic oxidation sites excluding steroid dienone is 1. The van der Waals surface area contributed by atoms with Crippen LogP contribution < -0.4 is 15.4 Å². The van der Waals surface area contributed by atoms with Gasteiger partial charge in [-0.1, -0.05) is 11.6 Å². The van der Waals surface area contributed by atoms with Crippen molar-refractivity contribution in [1.29, 1.82) is 0 Å². The van der Waals surface area contributed by atoms with Gasteiger partial charge in [-0.15, -0.1) is 0 Å². The highest BCUT2D eigenvalue weighted by atomic mass is 19.1. The van der Waals surface area contributed by atoms with Crippen LogP contribution in [0, 0.1) is 5.82 Å². The standard InChI is InChI=1S/C17H23FN2O2/c1-2-22-16-12-14(18)8-9-15(16)20-17(21)19-11-10-13-6-4-3-5-7-13/h6,8-9,12H,2-5,7,10-11H2,1H3,(H2,19,20,21). The van der Waals surface area contributed by atoms with E-state index in [4.69, 9.17) is 4.74 Å². The van der Waals surface area contributed by atoms with E-state index in [-0.39, 0.29) is 6.03 Å². The highest BCUT2D eigenvalue weighted by Gasteiger charge is 2.09. The minimum absolute atomic E-state index is 0.302. The normalized spacial score (nSPS) is 14.2. The first-order valence-electron chi connectivity index (χ1n) is 7.84. The summed E-state index contributed by atoms with van der Waals surface area (Å²) in [6, 6.07) is 3.77. The summed E-state index contributed by atoms with van der Waals surface area (Å²) in [6.45, 7) is 2.82. The molecule has 0 atom stereocenters. The Morgan fingerprint density at radius 2 is 2.23 bits per heavy atom. The molecule has 2 amide bonds. The van der Waals surface area contributed by atoms with E-state index in [1.165, 1.54) is 36.6 Å². The molecular weight excluding hydrogens is 283 g/mol. The predicted octanol–water partition coefficient (Wildman–Crippen LogP) is 4.24. The van der Waals surface area contributed by atoms with Crippen molar-refractivity contribution < 1.29 is 13.9 Å². The Labute approximate surface area is 130 Å². The third-order valence-electron chi connectivity index (χ3n) is 3.61. The molecule has 0 aromatic heterocycles. The molecule has 22 heavy (non-hydrogen) atoms. The number of carbonyl (C=O) groups excluding carboxylic acids is 1. The molecule has 0 unspecified atom stereocenters. The van der Waals surface area contributed by atoms with Crippen LogP contribution in [0.1, 0.15) is 39.0 Å². The average molecular weight is 306 g/mol. The molecule has 120 valence electrons. The summed E-state index contributed by atoms with van der Waals surface area (Å²) in [5.74, 6) is -0.0497. The molecule has 0 bridgehead atoms. The van der Waals surface area contributed by atoms with Crippen molar-refractivity contribution in [1.82, 2.24) is 5.32 Å². The summed E-state index contributed by atoms with van der Waals surface area (Å²) in [4.78, 5) is 11.9. The number of hydrogen-bond donors (Lipinski definition) is 2. The maximum absolute atomic E-state index is 13.2. The van der Waals surface area contributed by atoms with Crippen LogP contribution in [-0.2, 0) is 0 Å². The average Bonchev–Trinajstić information content (AvgIpc) is 2.51. The number of anilines is 1. The van der Waals surface area contributed by atoms with E-state index >= 15 is 0 Å². The smallest absolute Gasteiger partial charge is 0.319 e. The summed E-state index contributed by atoms with van der Waals surface area (Å²) < 4.78 is 18.5. The van der Waals surface area contributed by atoms with Crippen LogP contribution in [0.4, 0.5) is 14.9 Å². The van der Waals surface area contributed by atoms with Gasteiger partial charge in [0, 0.05) is 12.6 Å². The van der Waals surface area contributed by atoms with Crippen molar-refractivity contribution in [3.63, 3.8) is 0 Å². The second-order valence-electron chi connectivity index (χ2n) is 5.31. The molecular formula is C17H23FN2O2. The molecule has 0 spiro atoms. The van der Waals surface area contributed by atoms with Crippen LogP contribution in [0.5, 0.6) is 5.75 Å². The lowest BCUT2D eigenvalue weighted by molar-refractivity contribution is 0.252. The number of benzene rings is 1. The highest BCUT2D eigenvalue weighted by molar-refractivity contribution is 5.90. The monoisotopic (exact) mass is 306 g/mol. The number of halogens is 1. The zero-order valence-corrected chi connectivity index (χ0v) is 13.0. The van der Waals surface area contributed by atoms with Gasteiger partial charge >= 0.3 is 6.03 Å². The number of nitrogens with one attached hydrogen (secondary N) is 2. The van der Waals surface area contributed by atoms with Crippen LogP contribution >= 0.6 is 0 Å². The first kappa shape index (κ1) is 16.3. The minimum Gasteiger partial charge on any atom is -0.492 e. The molecule has 1 aliphatic rings. The number of rotatable bonds is 6. The fraction of sp³-hybridized carbons (Fsp3) is 0.471. The summed E-state index contributed by atoms with van der Waals surface area (Å²) in [7, 11) is 0. The molecule has 0 aliphatic heterocycles. The van der Waals surface area contributed by atoms with Crippen LogP contribution in [0.25, 0.3) is 0 Å². The van der Waals surface area contributed by atoms with Gasteiger partial charge in [0.05, 0.1) is 12.3 Å². The van der Waals surface area contributed by atoms with Gasteiger partial charge in [0.25, 0.3) is 0 Å². The summed E-state index contributed by atoms with van der Waals surface area (Å²) in [5, 5.41) is 5.52. The van der Waals surface area contributed by atoms with Crippen LogP contribution in [0.2, 0.25) is 0 Å². The van der Waals surface area contributed by atoms with E-state index in [0.29, 0.717) is 24.6 Å². The van der Waals surface area contributed by atoms with Crippen molar-refractivity contribution >= 4 is 11.7 Å². The van der Waals surface area contributed by atoms with Crippen molar-refractivity contribution in [3.05, 3.63) is 35.7 Å². The molecule has 0 saturated heterocycles. The van der Waals surface area contributed by atoms with Gasteiger partial charge in [-0.3, -0.25) is 0 Å². The molecule has 5 heteroatoms. The molecule has 2 N–H and O–H groups in total. The number of carbonyl (C=O) groups is 1. The lowest BCUT2D eigenvalue weighted by atomic mass is 9.97. The molecule has 0 radical (unpaired) electrons. The third-order valence-corrected chi connectivity index (χ3v) is 3.61. The zero-order chi connectivity index (χ0) is 15.8. The molecule has 4 nitrogen and oxygen atoms in total. The quantitative estimate of drug-likeness (QED) is 0.772. The van der Waals surface area contributed by atoms with E-state index in [1.807, 2.05) is 6.92 Å². The maximum Gasteiger partial charge on any atom is 0.319 e. The van der Waals surface area contributed by atoms with Gasteiger partial charge in [-0.05, 0) is 51.2 Å². The van der Waals surface area contributed by atoms with Gasteiger partial charge in [-0.25, -0.2) is 9.18 Å². The number of amides is 2. The molecule has 0 fully saturated rings. The first-order valence-corrected chi connectivity index (χ1v) is 7.84. The van der Waals surface area contributed by atoms with Crippen LogP contribution in [-0.4, -0.2) is 19.2 Å². The highest BCUT2D eigenvalue weighted by Crippen LogP contribution is 2.25. The first-order chi connectivity index (χ1) is 10.7. The summed E-state index contributed by atoms with van der Waals surface area (Å²) in [5.41, 5.74) is 1.89.